The molecule has 19 heavy (non-hydrogen) atoms. The van der Waals surface area contributed by atoms with Gasteiger partial charge in [-0.05, 0) is 43.0 Å². The summed E-state index contributed by atoms with van der Waals surface area (Å²) in [4.78, 5) is 2.71. The summed E-state index contributed by atoms with van der Waals surface area (Å²) in [6.07, 6.45) is 2.68. The van der Waals surface area contributed by atoms with Crippen LogP contribution >= 0.6 is 11.8 Å². The van der Waals surface area contributed by atoms with Crippen LogP contribution in [0.4, 0.5) is 0 Å². The van der Waals surface area contributed by atoms with Crippen molar-refractivity contribution in [1.29, 1.82) is 0 Å². The van der Waals surface area contributed by atoms with E-state index in [9.17, 15) is 0 Å². The second kappa shape index (κ2) is 5.81. The van der Waals surface area contributed by atoms with Crippen LogP contribution in [0.3, 0.4) is 0 Å². The van der Waals surface area contributed by atoms with E-state index in [2.05, 4.69) is 60.8 Å². The van der Waals surface area contributed by atoms with Crippen LogP contribution in [0.1, 0.15) is 24.0 Å². The number of rotatable bonds is 5. The van der Waals surface area contributed by atoms with Gasteiger partial charge in [-0.3, -0.25) is 0 Å². The predicted molar refractivity (Wildman–Crippen MR) is 81.6 cm³/mol. The molecule has 0 heterocycles. The smallest absolute Gasteiger partial charge is 0.0219 e. The highest BCUT2D eigenvalue weighted by Crippen LogP contribution is 2.32. The third kappa shape index (κ3) is 3.40. The van der Waals surface area contributed by atoms with Crippen molar-refractivity contribution in [2.24, 2.45) is 0 Å². The van der Waals surface area contributed by atoms with E-state index in [1.54, 1.807) is 0 Å². The molecule has 0 aliphatic heterocycles. The highest BCUT2D eigenvalue weighted by atomic mass is 32.2. The Balaban J connectivity index is 1.77. The maximum atomic E-state index is 3.60. The summed E-state index contributed by atoms with van der Waals surface area (Å²) in [5.74, 6) is 0. The van der Waals surface area contributed by atoms with Crippen LogP contribution in [-0.4, -0.2) is 6.04 Å². The zero-order chi connectivity index (χ0) is 13.1. The monoisotopic (exact) mass is 269 g/mol. The predicted octanol–water partition coefficient (Wildman–Crippen LogP) is 4.40. The fourth-order valence-electron chi connectivity index (χ4n) is 2.08. The third-order valence-electron chi connectivity index (χ3n) is 3.44. The van der Waals surface area contributed by atoms with E-state index >= 15 is 0 Å². The van der Waals surface area contributed by atoms with Crippen LogP contribution in [0.25, 0.3) is 0 Å². The summed E-state index contributed by atoms with van der Waals surface area (Å²) in [5.41, 5.74) is 2.75. The first kappa shape index (κ1) is 12.8. The average Bonchev–Trinajstić information content (AvgIpc) is 3.24. The van der Waals surface area contributed by atoms with E-state index in [0.717, 1.165) is 12.6 Å². The lowest BCUT2D eigenvalue weighted by molar-refractivity contribution is 0.680. The lowest BCUT2D eigenvalue weighted by Gasteiger charge is -2.11. The molecule has 0 spiro atoms. The molecule has 0 unspecified atom stereocenters. The van der Waals surface area contributed by atoms with Crippen LogP contribution in [0.15, 0.2) is 58.3 Å². The first-order valence-electron chi connectivity index (χ1n) is 6.88. The standard InChI is InChI=1S/C17H19NS/c1-13-6-2-4-8-16(13)19-17-9-5-3-7-14(17)12-18-15-10-11-15/h2-9,15,18H,10-12H2,1H3. The van der Waals surface area contributed by atoms with Crippen molar-refractivity contribution in [3.05, 3.63) is 59.7 Å². The molecule has 2 aromatic carbocycles. The molecule has 1 N–H and O–H groups in total. The van der Waals surface area contributed by atoms with Crippen LogP contribution in [0.5, 0.6) is 0 Å². The summed E-state index contributed by atoms with van der Waals surface area (Å²) >= 11 is 1.87. The average molecular weight is 269 g/mol. The van der Waals surface area contributed by atoms with Crippen molar-refractivity contribution in [2.45, 2.75) is 42.1 Å². The van der Waals surface area contributed by atoms with Crippen molar-refractivity contribution in [3.8, 4) is 0 Å². The normalized spacial score (nSPS) is 14.6. The Bertz CT molecular complexity index is 561. The van der Waals surface area contributed by atoms with E-state index in [0.29, 0.717) is 0 Å². The van der Waals surface area contributed by atoms with Crippen LogP contribution in [-0.2, 0) is 6.54 Å². The quantitative estimate of drug-likeness (QED) is 0.863. The lowest BCUT2D eigenvalue weighted by atomic mass is 10.2. The molecular formula is C17H19NS. The molecule has 3 rings (SSSR count). The number of aryl methyl sites for hydroxylation is 1. The van der Waals surface area contributed by atoms with E-state index in [1.165, 1.54) is 33.8 Å². The summed E-state index contributed by atoms with van der Waals surface area (Å²) in [5, 5.41) is 3.60. The van der Waals surface area contributed by atoms with Gasteiger partial charge in [-0.25, -0.2) is 0 Å². The summed E-state index contributed by atoms with van der Waals surface area (Å²) < 4.78 is 0. The lowest BCUT2D eigenvalue weighted by Crippen LogP contribution is -2.15. The van der Waals surface area contributed by atoms with E-state index < -0.39 is 0 Å². The number of benzene rings is 2. The van der Waals surface area contributed by atoms with Gasteiger partial charge in [0.1, 0.15) is 0 Å². The molecule has 2 aromatic rings. The zero-order valence-electron chi connectivity index (χ0n) is 11.2. The van der Waals surface area contributed by atoms with Crippen molar-refractivity contribution >= 4 is 11.8 Å². The van der Waals surface area contributed by atoms with Gasteiger partial charge in [-0.1, -0.05) is 48.2 Å². The Hall–Kier alpha value is -1.25. The molecule has 1 aliphatic rings. The van der Waals surface area contributed by atoms with Crippen LogP contribution in [0, 0.1) is 6.92 Å². The minimum atomic E-state index is 0.761. The topological polar surface area (TPSA) is 12.0 Å². The molecule has 1 nitrogen and oxygen atoms in total. The van der Waals surface area contributed by atoms with Gasteiger partial charge in [0.15, 0.2) is 0 Å². The van der Waals surface area contributed by atoms with E-state index in [-0.39, 0.29) is 0 Å². The van der Waals surface area contributed by atoms with Gasteiger partial charge in [-0.2, -0.15) is 0 Å². The molecule has 1 saturated carbocycles. The fourth-order valence-corrected chi connectivity index (χ4v) is 3.11. The Labute approximate surface area is 119 Å². The van der Waals surface area contributed by atoms with Crippen LogP contribution in [0.2, 0.25) is 0 Å². The fraction of sp³-hybridized carbons (Fsp3) is 0.294. The highest BCUT2D eigenvalue weighted by Gasteiger charge is 2.20. The largest absolute Gasteiger partial charge is 0.310 e. The second-order valence-corrected chi connectivity index (χ2v) is 6.21. The van der Waals surface area contributed by atoms with Gasteiger partial charge in [-0.15, -0.1) is 0 Å². The van der Waals surface area contributed by atoms with E-state index in [1.807, 2.05) is 11.8 Å². The molecule has 1 aliphatic carbocycles. The summed E-state index contributed by atoms with van der Waals surface area (Å²) in [6.45, 7) is 3.16. The molecule has 0 bridgehead atoms. The van der Waals surface area contributed by atoms with Crippen molar-refractivity contribution in [2.75, 3.05) is 0 Å². The second-order valence-electron chi connectivity index (χ2n) is 5.13. The van der Waals surface area contributed by atoms with Crippen LogP contribution < -0.4 is 5.32 Å². The Morgan fingerprint density at radius 1 is 1.00 bits per heavy atom. The zero-order valence-corrected chi connectivity index (χ0v) is 12.0. The number of hydrogen-bond acceptors (Lipinski definition) is 2. The minimum absolute atomic E-state index is 0.761. The van der Waals surface area contributed by atoms with Crippen molar-refractivity contribution < 1.29 is 0 Å². The van der Waals surface area contributed by atoms with Crippen molar-refractivity contribution in [1.82, 2.24) is 5.32 Å². The Morgan fingerprint density at radius 2 is 1.68 bits per heavy atom. The Morgan fingerprint density at radius 3 is 2.42 bits per heavy atom. The number of hydrogen-bond donors (Lipinski definition) is 1. The summed E-state index contributed by atoms with van der Waals surface area (Å²) in [7, 11) is 0. The van der Waals surface area contributed by atoms with Crippen molar-refractivity contribution in [3.63, 3.8) is 0 Å². The molecule has 1 fully saturated rings. The molecule has 0 saturated heterocycles. The first-order chi connectivity index (χ1) is 9.33. The molecule has 0 amide bonds. The molecule has 98 valence electrons. The minimum Gasteiger partial charge on any atom is -0.310 e. The highest BCUT2D eigenvalue weighted by molar-refractivity contribution is 7.99. The van der Waals surface area contributed by atoms with Gasteiger partial charge in [0.25, 0.3) is 0 Å². The molecule has 0 aromatic heterocycles. The third-order valence-corrected chi connectivity index (χ3v) is 4.74. The Kier molecular flexibility index (Phi) is 3.90. The number of nitrogens with one attached hydrogen (secondary N) is 1. The maximum absolute atomic E-state index is 3.60. The summed E-state index contributed by atoms with van der Waals surface area (Å²) in [6, 6.07) is 18.1. The molecule has 0 atom stereocenters. The maximum Gasteiger partial charge on any atom is 0.0219 e. The van der Waals surface area contributed by atoms with Gasteiger partial charge in [0, 0.05) is 22.4 Å². The first-order valence-corrected chi connectivity index (χ1v) is 7.69. The van der Waals surface area contributed by atoms with Gasteiger partial charge in [0.2, 0.25) is 0 Å². The van der Waals surface area contributed by atoms with Gasteiger partial charge >= 0.3 is 0 Å². The molecule has 2 heteroatoms. The van der Waals surface area contributed by atoms with E-state index in [4.69, 9.17) is 0 Å². The molecular weight excluding hydrogens is 250 g/mol. The molecule has 0 radical (unpaired) electrons. The van der Waals surface area contributed by atoms with Gasteiger partial charge in [0.05, 0.1) is 0 Å². The van der Waals surface area contributed by atoms with Gasteiger partial charge < -0.3 is 5.32 Å². The SMILES string of the molecule is Cc1ccccc1Sc1ccccc1CNC1CC1.